The Morgan fingerprint density at radius 2 is 2.25 bits per heavy atom. The van der Waals surface area contributed by atoms with E-state index in [2.05, 4.69) is 38.4 Å². The van der Waals surface area contributed by atoms with Crippen molar-refractivity contribution in [3.05, 3.63) is 39.3 Å². The lowest BCUT2D eigenvalue weighted by molar-refractivity contribution is 0.353. The molecule has 0 spiro atoms. The summed E-state index contributed by atoms with van der Waals surface area (Å²) in [4.78, 5) is 0. The van der Waals surface area contributed by atoms with Crippen LogP contribution in [0.1, 0.15) is 12.5 Å². The Morgan fingerprint density at radius 3 is 2.81 bits per heavy atom. The van der Waals surface area contributed by atoms with E-state index in [9.17, 15) is 0 Å². The Bertz CT molecular complexity index is 377. The number of hydrogen-bond donors (Lipinski definition) is 1. The van der Waals surface area contributed by atoms with Crippen molar-refractivity contribution in [2.75, 3.05) is 6.61 Å². The predicted molar refractivity (Wildman–Crippen MR) is 75.1 cm³/mol. The molecule has 0 saturated carbocycles. The zero-order chi connectivity index (χ0) is 12.1. The fraction of sp³-hybridized carbons (Fsp3) is 0.333. The van der Waals surface area contributed by atoms with Crippen LogP contribution >= 0.6 is 31.9 Å². The molecule has 1 aromatic rings. The minimum atomic E-state index is 0.115. The molecule has 88 valence electrons. The van der Waals surface area contributed by atoms with Crippen molar-refractivity contribution in [2.45, 2.75) is 19.4 Å². The molecule has 16 heavy (non-hydrogen) atoms. The fourth-order valence-corrected chi connectivity index (χ4v) is 2.01. The molecule has 0 saturated heterocycles. The van der Waals surface area contributed by atoms with Crippen molar-refractivity contribution in [3.8, 4) is 5.75 Å². The van der Waals surface area contributed by atoms with Crippen LogP contribution in [0.25, 0.3) is 0 Å². The zero-order valence-corrected chi connectivity index (χ0v) is 12.3. The first-order valence-corrected chi connectivity index (χ1v) is 6.58. The molecule has 1 rings (SSSR count). The fourth-order valence-electron chi connectivity index (χ4n) is 1.37. The molecule has 2 nitrogen and oxygen atoms in total. The number of rotatable bonds is 5. The van der Waals surface area contributed by atoms with Gasteiger partial charge < -0.3 is 10.5 Å². The molecule has 0 bridgehead atoms. The minimum absolute atomic E-state index is 0.115. The molecule has 1 aromatic carbocycles. The second-order valence-electron chi connectivity index (χ2n) is 3.72. The van der Waals surface area contributed by atoms with Crippen LogP contribution in [0.5, 0.6) is 5.75 Å². The van der Waals surface area contributed by atoms with E-state index in [1.165, 1.54) is 0 Å². The van der Waals surface area contributed by atoms with Crippen LogP contribution in [0.2, 0.25) is 0 Å². The van der Waals surface area contributed by atoms with Gasteiger partial charge in [0, 0.05) is 10.5 Å². The Hall–Kier alpha value is -0.320. The molecule has 0 aliphatic rings. The van der Waals surface area contributed by atoms with E-state index in [1.54, 1.807) is 0 Å². The summed E-state index contributed by atoms with van der Waals surface area (Å²) in [5.74, 6) is 0.848. The molecule has 0 fully saturated rings. The third-order valence-electron chi connectivity index (χ3n) is 1.96. The van der Waals surface area contributed by atoms with Gasteiger partial charge in [-0.1, -0.05) is 34.6 Å². The highest BCUT2D eigenvalue weighted by Gasteiger charge is 2.09. The van der Waals surface area contributed by atoms with Gasteiger partial charge in [-0.05, 0) is 40.9 Å². The molecule has 0 heterocycles. The number of ether oxygens (including phenoxy) is 1. The van der Waals surface area contributed by atoms with Gasteiger partial charge in [-0.25, -0.2) is 0 Å². The maximum atomic E-state index is 5.80. The van der Waals surface area contributed by atoms with Crippen LogP contribution in [0.15, 0.2) is 33.7 Å². The van der Waals surface area contributed by atoms with E-state index in [0.29, 0.717) is 6.61 Å². The summed E-state index contributed by atoms with van der Waals surface area (Å²) >= 11 is 6.75. The van der Waals surface area contributed by atoms with Crippen molar-refractivity contribution in [3.63, 3.8) is 0 Å². The number of para-hydroxylation sites is 1. The minimum Gasteiger partial charge on any atom is -0.487 e. The summed E-state index contributed by atoms with van der Waals surface area (Å²) in [6, 6.07) is 6.08. The standard InChI is InChI=1S/C12H15Br2NO/c1-8(13)7-16-12-10(6-9(2)15)4-3-5-11(12)14/h3-5,9H,1,6-7,15H2,2H3. The first-order chi connectivity index (χ1) is 7.50. The Balaban J connectivity index is 2.89. The molecule has 1 unspecified atom stereocenters. The Kier molecular flexibility index (Phi) is 5.52. The normalized spacial score (nSPS) is 12.2. The third kappa shape index (κ3) is 4.28. The number of hydrogen-bond acceptors (Lipinski definition) is 2. The van der Waals surface area contributed by atoms with Gasteiger partial charge in [-0.2, -0.15) is 0 Å². The highest BCUT2D eigenvalue weighted by molar-refractivity contribution is 9.11. The molecule has 2 N–H and O–H groups in total. The number of nitrogens with two attached hydrogens (primary N) is 1. The predicted octanol–water partition coefficient (Wildman–Crippen LogP) is 3.63. The van der Waals surface area contributed by atoms with Crippen molar-refractivity contribution in [2.24, 2.45) is 5.73 Å². The summed E-state index contributed by atoms with van der Waals surface area (Å²) in [5, 5.41) is 0. The lowest BCUT2D eigenvalue weighted by atomic mass is 10.1. The SMILES string of the molecule is C=C(Br)COc1c(Br)cccc1CC(C)N. The van der Waals surface area contributed by atoms with Crippen LogP contribution in [0, 0.1) is 0 Å². The van der Waals surface area contributed by atoms with Crippen molar-refractivity contribution >= 4 is 31.9 Å². The van der Waals surface area contributed by atoms with E-state index in [1.807, 2.05) is 25.1 Å². The molecular weight excluding hydrogens is 334 g/mol. The maximum Gasteiger partial charge on any atom is 0.137 e. The number of halogens is 2. The van der Waals surface area contributed by atoms with Gasteiger partial charge in [-0.3, -0.25) is 0 Å². The maximum absolute atomic E-state index is 5.80. The summed E-state index contributed by atoms with van der Waals surface area (Å²) in [5.41, 5.74) is 6.91. The molecule has 0 aromatic heterocycles. The molecule has 0 aliphatic heterocycles. The first kappa shape index (κ1) is 13.7. The molecule has 4 heteroatoms. The second-order valence-corrected chi connectivity index (χ2v) is 5.69. The van der Waals surface area contributed by atoms with Crippen LogP contribution in [0.3, 0.4) is 0 Å². The van der Waals surface area contributed by atoms with E-state index >= 15 is 0 Å². The Labute approximate surface area is 113 Å². The summed E-state index contributed by atoms with van der Waals surface area (Å²) in [6.45, 7) is 6.18. The topological polar surface area (TPSA) is 35.2 Å². The summed E-state index contributed by atoms with van der Waals surface area (Å²) < 4.78 is 7.44. The van der Waals surface area contributed by atoms with Crippen LogP contribution in [-0.4, -0.2) is 12.6 Å². The van der Waals surface area contributed by atoms with E-state index in [-0.39, 0.29) is 6.04 Å². The van der Waals surface area contributed by atoms with Crippen LogP contribution in [-0.2, 0) is 6.42 Å². The largest absolute Gasteiger partial charge is 0.487 e. The average Bonchev–Trinajstić information content (AvgIpc) is 2.15. The Morgan fingerprint density at radius 1 is 1.56 bits per heavy atom. The van der Waals surface area contributed by atoms with Gasteiger partial charge in [0.15, 0.2) is 0 Å². The monoisotopic (exact) mass is 347 g/mol. The van der Waals surface area contributed by atoms with E-state index < -0.39 is 0 Å². The van der Waals surface area contributed by atoms with Gasteiger partial charge in [0.2, 0.25) is 0 Å². The van der Waals surface area contributed by atoms with Gasteiger partial charge in [0.05, 0.1) is 4.47 Å². The molecule has 1 atom stereocenters. The summed E-state index contributed by atoms with van der Waals surface area (Å²) in [7, 11) is 0. The van der Waals surface area contributed by atoms with Crippen molar-refractivity contribution in [1.29, 1.82) is 0 Å². The van der Waals surface area contributed by atoms with E-state index in [0.717, 1.165) is 26.7 Å². The zero-order valence-electron chi connectivity index (χ0n) is 9.17. The first-order valence-electron chi connectivity index (χ1n) is 4.99. The van der Waals surface area contributed by atoms with Crippen molar-refractivity contribution in [1.82, 2.24) is 0 Å². The van der Waals surface area contributed by atoms with Crippen molar-refractivity contribution < 1.29 is 4.74 Å². The highest BCUT2D eigenvalue weighted by Crippen LogP contribution is 2.30. The molecular formula is C12H15Br2NO. The summed E-state index contributed by atoms with van der Waals surface area (Å²) in [6.07, 6.45) is 0.795. The smallest absolute Gasteiger partial charge is 0.137 e. The third-order valence-corrected chi connectivity index (χ3v) is 2.82. The quantitative estimate of drug-likeness (QED) is 0.881. The van der Waals surface area contributed by atoms with Gasteiger partial charge in [-0.15, -0.1) is 0 Å². The lowest BCUT2D eigenvalue weighted by Gasteiger charge is -2.14. The van der Waals surface area contributed by atoms with Gasteiger partial charge in [0.1, 0.15) is 12.4 Å². The van der Waals surface area contributed by atoms with Crippen LogP contribution in [0.4, 0.5) is 0 Å². The second kappa shape index (κ2) is 6.42. The van der Waals surface area contributed by atoms with Crippen LogP contribution < -0.4 is 10.5 Å². The highest BCUT2D eigenvalue weighted by atomic mass is 79.9. The molecule has 0 aliphatic carbocycles. The molecule has 0 amide bonds. The van der Waals surface area contributed by atoms with Gasteiger partial charge in [0.25, 0.3) is 0 Å². The lowest BCUT2D eigenvalue weighted by Crippen LogP contribution is -2.18. The van der Waals surface area contributed by atoms with Gasteiger partial charge >= 0.3 is 0 Å². The number of benzene rings is 1. The average molecular weight is 349 g/mol. The van der Waals surface area contributed by atoms with E-state index in [4.69, 9.17) is 10.5 Å². The molecule has 0 radical (unpaired) electrons.